The van der Waals surface area contributed by atoms with E-state index in [0.29, 0.717) is 18.9 Å². The third-order valence-electron chi connectivity index (χ3n) is 3.06. The highest BCUT2D eigenvalue weighted by molar-refractivity contribution is 5.79. The molecule has 0 aromatic rings. The second-order valence-electron chi connectivity index (χ2n) is 4.44. The maximum Gasteiger partial charge on any atom is 0.223 e. The van der Waals surface area contributed by atoms with Crippen LogP contribution in [-0.4, -0.2) is 23.7 Å². The van der Waals surface area contributed by atoms with E-state index in [4.69, 9.17) is 5.11 Å². The van der Waals surface area contributed by atoms with Crippen LogP contribution in [0, 0.1) is 11.8 Å². The van der Waals surface area contributed by atoms with Crippen molar-refractivity contribution in [2.45, 2.75) is 45.6 Å². The molecule has 3 nitrogen and oxygen atoms in total. The van der Waals surface area contributed by atoms with Crippen LogP contribution in [0.3, 0.4) is 0 Å². The van der Waals surface area contributed by atoms with Gasteiger partial charge >= 0.3 is 0 Å². The monoisotopic (exact) mass is 199 g/mol. The molecule has 0 radical (unpaired) electrons. The van der Waals surface area contributed by atoms with Crippen molar-refractivity contribution in [3.05, 3.63) is 0 Å². The molecule has 1 aliphatic rings. The Morgan fingerprint density at radius 2 is 2.29 bits per heavy atom. The van der Waals surface area contributed by atoms with Crippen LogP contribution in [0.4, 0.5) is 0 Å². The van der Waals surface area contributed by atoms with E-state index in [1.165, 1.54) is 12.8 Å². The Morgan fingerprint density at radius 1 is 1.57 bits per heavy atom. The first-order valence-electron chi connectivity index (χ1n) is 5.57. The van der Waals surface area contributed by atoms with Gasteiger partial charge < -0.3 is 10.4 Å². The van der Waals surface area contributed by atoms with E-state index in [-0.39, 0.29) is 17.9 Å². The predicted molar refractivity (Wildman–Crippen MR) is 55.8 cm³/mol. The molecule has 0 saturated heterocycles. The van der Waals surface area contributed by atoms with Crippen molar-refractivity contribution in [1.82, 2.24) is 5.32 Å². The lowest BCUT2D eigenvalue weighted by atomic mass is 9.97. The van der Waals surface area contributed by atoms with Gasteiger partial charge in [-0.3, -0.25) is 4.79 Å². The van der Waals surface area contributed by atoms with Gasteiger partial charge in [0.15, 0.2) is 0 Å². The quantitative estimate of drug-likeness (QED) is 0.717. The summed E-state index contributed by atoms with van der Waals surface area (Å²) in [5.74, 6) is 0.918. The van der Waals surface area contributed by atoms with E-state index < -0.39 is 0 Å². The van der Waals surface area contributed by atoms with E-state index in [1.807, 2.05) is 0 Å². The number of hydrogen-bond acceptors (Lipinski definition) is 2. The van der Waals surface area contributed by atoms with Crippen molar-refractivity contribution in [2.75, 3.05) is 6.54 Å². The predicted octanol–water partition coefficient (Wildman–Crippen LogP) is 1.31. The van der Waals surface area contributed by atoms with Crippen molar-refractivity contribution in [3.63, 3.8) is 0 Å². The Morgan fingerprint density at radius 3 is 2.79 bits per heavy atom. The molecular weight excluding hydrogens is 178 g/mol. The minimum atomic E-state index is -0.323. The third-order valence-corrected chi connectivity index (χ3v) is 3.06. The second kappa shape index (κ2) is 5.35. The Labute approximate surface area is 85.9 Å². The summed E-state index contributed by atoms with van der Waals surface area (Å²) < 4.78 is 0. The van der Waals surface area contributed by atoms with Crippen LogP contribution in [0.2, 0.25) is 0 Å². The van der Waals surface area contributed by atoms with Gasteiger partial charge in [-0.2, -0.15) is 0 Å². The molecule has 1 saturated carbocycles. The lowest BCUT2D eigenvalue weighted by Gasteiger charge is -2.15. The molecule has 0 bridgehead atoms. The van der Waals surface area contributed by atoms with Gasteiger partial charge in [-0.25, -0.2) is 0 Å². The van der Waals surface area contributed by atoms with Crippen molar-refractivity contribution < 1.29 is 9.90 Å². The van der Waals surface area contributed by atoms with Crippen LogP contribution in [0.1, 0.15) is 39.5 Å². The fourth-order valence-electron chi connectivity index (χ4n) is 2.07. The van der Waals surface area contributed by atoms with Crippen molar-refractivity contribution >= 4 is 5.91 Å². The number of rotatable bonds is 4. The Bertz CT molecular complexity index is 192. The summed E-state index contributed by atoms with van der Waals surface area (Å²) in [6, 6.07) is 0. The first-order valence-corrected chi connectivity index (χ1v) is 5.57. The topological polar surface area (TPSA) is 49.3 Å². The average molecular weight is 199 g/mol. The molecule has 3 heteroatoms. The molecule has 0 aromatic carbocycles. The van der Waals surface area contributed by atoms with E-state index in [9.17, 15) is 4.79 Å². The largest absolute Gasteiger partial charge is 0.393 e. The molecule has 1 rings (SSSR count). The van der Waals surface area contributed by atoms with Crippen LogP contribution < -0.4 is 5.32 Å². The molecule has 1 fully saturated rings. The standard InChI is InChI=1S/C11H21NO2/c1-8-4-3-5-10(8)11(14)12-7-6-9(2)13/h8-10,13H,3-7H2,1-2H3,(H,12,14). The van der Waals surface area contributed by atoms with Gasteiger partial charge in [0.2, 0.25) is 5.91 Å². The zero-order valence-electron chi connectivity index (χ0n) is 9.12. The minimum Gasteiger partial charge on any atom is -0.393 e. The number of nitrogens with one attached hydrogen (secondary N) is 1. The van der Waals surface area contributed by atoms with Crippen molar-refractivity contribution in [1.29, 1.82) is 0 Å². The van der Waals surface area contributed by atoms with Gasteiger partial charge in [-0.15, -0.1) is 0 Å². The van der Waals surface area contributed by atoms with E-state index in [1.54, 1.807) is 6.92 Å². The SMILES string of the molecule is CC(O)CCNC(=O)C1CCCC1C. The molecule has 3 unspecified atom stereocenters. The molecule has 1 aliphatic carbocycles. The molecule has 0 spiro atoms. The summed E-state index contributed by atoms with van der Waals surface area (Å²) in [4.78, 5) is 11.6. The third kappa shape index (κ3) is 3.29. The summed E-state index contributed by atoms with van der Waals surface area (Å²) in [6.45, 7) is 4.48. The number of hydrogen-bond donors (Lipinski definition) is 2. The van der Waals surface area contributed by atoms with E-state index >= 15 is 0 Å². The lowest BCUT2D eigenvalue weighted by Crippen LogP contribution is -2.33. The number of aliphatic hydroxyl groups is 1. The molecule has 1 amide bonds. The fraction of sp³-hybridized carbons (Fsp3) is 0.909. The maximum absolute atomic E-state index is 11.6. The molecule has 82 valence electrons. The van der Waals surface area contributed by atoms with Crippen molar-refractivity contribution in [3.8, 4) is 0 Å². The molecule has 2 N–H and O–H groups in total. The second-order valence-corrected chi connectivity index (χ2v) is 4.44. The normalized spacial score (nSPS) is 28.8. The molecule has 14 heavy (non-hydrogen) atoms. The molecule has 0 aliphatic heterocycles. The lowest BCUT2D eigenvalue weighted by molar-refractivity contribution is -0.125. The summed E-state index contributed by atoms with van der Waals surface area (Å²) in [6.07, 6.45) is 3.70. The number of carbonyl (C=O) groups excluding carboxylic acids is 1. The van der Waals surface area contributed by atoms with Crippen molar-refractivity contribution in [2.24, 2.45) is 11.8 Å². The van der Waals surface area contributed by atoms with Gasteiger partial charge in [0.1, 0.15) is 0 Å². The smallest absolute Gasteiger partial charge is 0.223 e. The van der Waals surface area contributed by atoms with Gasteiger partial charge in [0, 0.05) is 12.5 Å². The van der Waals surface area contributed by atoms with Crippen LogP contribution in [-0.2, 0) is 4.79 Å². The molecule has 3 atom stereocenters. The Balaban J connectivity index is 2.21. The first kappa shape index (κ1) is 11.5. The zero-order valence-corrected chi connectivity index (χ0v) is 9.12. The van der Waals surface area contributed by atoms with Gasteiger partial charge in [0.05, 0.1) is 6.10 Å². The summed E-state index contributed by atoms with van der Waals surface area (Å²) >= 11 is 0. The van der Waals surface area contributed by atoms with E-state index in [2.05, 4.69) is 12.2 Å². The zero-order chi connectivity index (χ0) is 10.6. The van der Waals surface area contributed by atoms with Crippen LogP contribution in [0.5, 0.6) is 0 Å². The number of amides is 1. The highest BCUT2D eigenvalue weighted by atomic mass is 16.3. The summed E-state index contributed by atoms with van der Waals surface area (Å²) in [5, 5.41) is 11.9. The van der Waals surface area contributed by atoms with Gasteiger partial charge in [0.25, 0.3) is 0 Å². The molecule has 0 aromatic heterocycles. The van der Waals surface area contributed by atoms with Crippen LogP contribution >= 0.6 is 0 Å². The highest BCUT2D eigenvalue weighted by Crippen LogP contribution is 2.30. The highest BCUT2D eigenvalue weighted by Gasteiger charge is 2.29. The molecule has 0 heterocycles. The summed E-state index contributed by atoms with van der Waals surface area (Å²) in [5.41, 5.74) is 0. The fourth-order valence-corrected chi connectivity index (χ4v) is 2.07. The average Bonchev–Trinajstić information content (AvgIpc) is 2.50. The van der Waals surface area contributed by atoms with Gasteiger partial charge in [-0.05, 0) is 32.1 Å². The van der Waals surface area contributed by atoms with E-state index in [0.717, 1.165) is 6.42 Å². The number of carbonyl (C=O) groups is 1. The number of aliphatic hydroxyl groups excluding tert-OH is 1. The summed E-state index contributed by atoms with van der Waals surface area (Å²) in [7, 11) is 0. The molecular formula is C11H21NO2. The first-order chi connectivity index (χ1) is 6.61. The van der Waals surface area contributed by atoms with Crippen LogP contribution in [0.25, 0.3) is 0 Å². The maximum atomic E-state index is 11.6. The Kier molecular flexibility index (Phi) is 4.39. The van der Waals surface area contributed by atoms with Gasteiger partial charge in [-0.1, -0.05) is 13.3 Å². The minimum absolute atomic E-state index is 0.177. The van der Waals surface area contributed by atoms with Crippen LogP contribution in [0.15, 0.2) is 0 Å². The Hall–Kier alpha value is -0.570.